The molecule has 0 saturated carbocycles. The zero-order valence-corrected chi connectivity index (χ0v) is 10.5. The molecule has 0 unspecified atom stereocenters. The third kappa shape index (κ3) is 3.38. The highest BCUT2D eigenvalue weighted by Crippen LogP contribution is 2.26. The zero-order valence-electron chi connectivity index (χ0n) is 10.5. The number of ether oxygens (including phenoxy) is 1. The van der Waals surface area contributed by atoms with Gasteiger partial charge in [0, 0.05) is 19.5 Å². The SMILES string of the molecule is Cc1c(OCCCN(C)C)c(O)cc[n+]1C. The lowest BCUT2D eigenvalue weighted by Gasteiger charge is -2.11. The molecule has 4 heteroatoms. The van der Waals surface area contributed by atoms with E-state index in [2.05, 4.69) is 4.90 Å². The summed E-state index contributed by atoms with van der Waals surface area (Å²) in [6.45, 7) is 3.54. The van der Waals surface area contributed by atoms with Gasteiger partial charge in [0.2, 0.25) is 11.4 Å². The highest BCUT2D eigenvalue weighted by atomic mass is 16.5. The Labute approximate surface area is 97.1 Å². The van der Waals surface area contributed by atoms with Crippen LogP contribution in [-0.2, 0) is 7.05 Å². The van der Waals surface area contributed by atoms with E-state index in [1.165, 1.54) is 0 Å². The van der Waals surface area contributed by atoms with Crippen molar-refractivity contribution < 1.29 is 14.4 Å². The van der Waals surface area contributed by atoms with Crippen molar-refractivity contribution in [1.29, 1.82) is 0 Å². The standard InChI is InChI=1S/C12H20N2O2/c1-10-12(11(15)6-8-14(10)4)16-9-5-7-13(2)3/h6,8H,5,7,9H2,1-4H3/p+1. The van der Waals surface area contributed by atoms with Crippen molar-refractivity contribution in [2.75, 3.05) is 27.2 Å². The van der Waals surface area contributed by atoms with Crippen LogP contribution in [0.4, 0.5) is 0 Å². The summed E-state index contributed by atoms with van der Waals surface area (Å²) < 4.78 is 7.53. The molecule has 0 amide bonds. The number of pyridine rings is 1. The first-order valence-corrected chi connectivity index (χ1v) is 5.48. The molecule has 0 aliphatic carbocycles. The van der Waals surface area contributed by atoms with E-state index in [1.54, 1.807) is 6.07 Å². The minimum Gasteiger partial charge on any atom is -0.504 e. The lowest BCUT2D eigenvalue weighted by Crippen LogP contribution is -2.31. The molecule has 1 aromatic rings. The van der Waals surface area contributed by atoms with E-state index in [9.17, 15) is 5.11 Å². The van der Waals surface area contributed by atoms with Crippen LogP contribution >= 0.6 is 0 Å². The summed E-state index contributed by atoms with van der Waals surface area (Å²) in [5.41, 5.74) is 0.935. The largest absolute Gasteiger partial charge is 0.504 e. The molecular weight excluding hydrogens is 204 g/mol. The molecular formula is C12H21N2O2+. The number of nitrogens with zero attached hydrogens (tertiary/aromatic N) is 2. The fourth-order valence-corrected chi connectivity index (χ4v) is 1.45. The fraction of sp³-hybridized carbons (Fsp3) is 0.583. The van der Waals surface area contributed by atoms with Gasteiger partial charge in [0.05, 0.1) is 6.61 Å². The Kier molecular flexibility index (Phi) is 4.55. The molecule has 0 spiro atoms. The van der Waals surface area contributed by atoms with Gasteiger partial charge in [-0.3, -0.25) is 0 Å². The normalized spacial score (nSPS) is 10.8. The van der Waals surface area contributed by atoms with E-state index in [4.69, 9.17) is 4.74 Å². The molecule has 0 atom stereocenters. The zero-order chi connectivity index (χ0) is 12.1. The monoisotopic (exact) mass is 225 g/mol. The van der Waals surface area contributed by atoms with Gasteiger partial charge in [0.1, 0.15) is 7.05 Å². The molecule has 0 aliphatic rings. The van der Waals surface area contributed by atoms with E-state index in [1.807, 2.05) is 38.8 Å². The molecule has 90 valence electrons. The first-order valence-electron chi connectivity index (χ1n) is 5.48. The first-order chi connectivity index (χ1) is 7.52. The maximum absolute atomic E-state index is 9.68. The van der Waals surface area contributed by atoms with Crippen LogP contribution in [0.15, 0.2) is 12.3 Å². The predicted octanol–water partition coefficient (Wildman–Crippen LogP) is 0.856. The number of aromatic hydroxyl groups is 1. The van der Waals surface area contributed by atoms with Crippen molar-refractivity contribution >= 4 is 0 Å². The van der Waals surface area contributed by atoms with Gasteiger partial charge in [-0.25, -0.2) is 4.57 Å². The summed E-state index contributed by atoms with van der Waals surface area (Å²) in [5, 5.41) is 9.68. The summed E-state index contributed by atoms with van der Waals surface area (Å²) in [6.07, 6.45) is 2.77. The molecule has 0 radical (unpaired) electrons. The number of hydrogen-bond acceptors (Lipinski definition) is 3. The Morgan fingerprint density at radius 3 is 2.75 bits per heavy atom. The predicted molar refractivity (Wildman–Crippen MR) is 62.7 cm³/mol. The van der Waals surface area contributed by atoms with Crippen molar-refractivity contribution in [2.24, 2.45) is 7.05 Å². The molecule has 0 saturated heterocycles. The summed E-state index contributed by atoms with van der Waals surface area (Å²) in [4.78, 5) is 2.11. The van der Waals surface area contributed by atoms with Crippen LogP contribution in [0, 0.1) is 6.92 Å². The summed E-state index contributed by atoms with van der Waals surface area (Å²) in [7, 11) is 6.00. The van der Waals surface area contributed by atoms with Gasteiger partial charge in [-0.2, -0.15) is 0 Å². The van der Waals surface area contributed by atoms with Crippen molar-refractivity contribution in [2.45, 2.75) is 13.3 Å². The molecule has 0 fully saturated rings. The van der Waals surface area contributed by atoms with Crippen molar-refractivity contribution in [3.05, 3.63) is 18.0 Å². The Balaban J connectivity index is 2.56. The lowest BCUT2D eigenvalue weighted by atomic mass is 10.3. The van der Waals surface area contributed by atoms with E-state index < -0.39 is 0 Å². The Morgan fingerprint density at radius 2 is 2.12 bits per heavy atom. The molecule has 4 nitrogen and oxygen atoms in total. The maximum atomic E-state index is 9.68. The van der Waals surface area contributed by atoms with Crippen LogP contribution in [0.2, 0.25) is 0 Å². The van der Waals surface area contributed by atoms with Gasteiger partial charge in [0.25, 0.3) is 0 Å². The highest BCUT2D eigenvalue weighted by Gasteiger charge is 2.14. The Hall–Kier alpha value is -1.29. The van der Waals surface area contributed by atoms with E-state index >= 15 is 0 Å². The molecule has 1 N–H and O–H groups in total. The number of aromatic nitrogens is 1. The van der Waals surface area contributed by atoms with Crippen LogP contribution in [0.25, 0.3) is 0 Å². The number of hydrogen-bond donors (Lipinski definition) is 1. The summed E-state index contributed by atoms with van der Waals surface area (Å²) >= 11 is 0. The number of rotatable bonds is 5. The molecule has 0 bridgehead atoms. The molecule has 16 heavy (non-hydrogen) atoms. The number of aryl methyl sites for hydroxylation is 1. The third-order valence-corrected chi connectivity index (χ3v) is 2.54. The minimum atomic E-state index is 0.209. The van der Waals surface area contributed by atoms with Crippen LogP contribution in [0.3, 0.4) is 0 Å². The minimum absolute atomic E-state index is 0.209. The summed E-state index contributed by atoms with van der Waals surface area (Å²) in [6, 6.07) is 1.65. The highest BCUT2D eigenvalue weighted by molar-refractivity contribution is 5.38. The first kappa shape index (κ1) is 12.8. The van der Waals surface area contributed by atoms with Crippen molar-refractivity contribution in [3.8, 4) is 11.5 Å². The van der Waals surface area contributed by atoms with Crippen LogP contribution in [-0.4, -0.2) is 37.3 Å². The van der Waals surface area contributed by atoms with Crippen LogP contribution < -0.4 is 9.30 Å². The molecule has 1 aromatic heterocycles. The molecule has 1 rings (SSSR count). The molecule has 1 heterocycles. The van der Waals surface area contributed by atoms with Gasteiger partial charge < -0.3 is 14.7 Å². The topological polar surface area (TPSA) is 36.6 Å². The molecule has 0 aromatic carbocycles. The van der Waals surface area contributed by atoms with Gasteiger partial charge in [-0.15, -0.1) is 0 Å². The van der Waals surface area contributed by atoms with Gasteiger partial charge in [-0.1, -0.05) is 0 Å². The lowest BCUT2D eigenvalue weighted by molar-refractivity contribution is -0.678. The summed E-state index contributed by atoms with van der Waals surface area (Å²) in [5.74, 6) is 0.796. The average Bonchev–Trinajstić information content (AvgIpc) is 2.22. The van der Waals surface area contributed by atoms with Gasteiger partial charge in [-0.05, 0) is 20.5 Å². The second-order valence-electron chi connectivity index (χ2n) is 4.23. The van der Waals surface area contributed by atoms with E-state index in [0.717, 1.165) is 18.7 Å². The van der Waals surface area contributed by atoms with Crippen LogP contribution in [0.5, 0.6) is 11.5 Å². The quantitative estimate of drug-likeness (QED) is 0.596. The maximum Gasteiger partial charge on any atom is 0.228 e. The Bertz CT molecular complexity index is 351. The van der Waals surface area contributed by atoms with Crippen molar-refractivity contribution in [3.63, 3.8) is 0 Å². The van der Waals surface area contributed by atoms with E-state index in [0.29, 0.717) is 12.4 Å². The smallest absolute Gasteiger partial charge is 0.228 e. The average molecular weight is 225 g/mol. The molecule has 0 aliphatic heterocycles. The second kappa shape index (κ2) is 5.70. The second-order valence-corrected chi connectivity index (χ2v) is 4.23. The van der Waals surface area contributed by atoms with Gasteiger partial charge in [0.15, 0.2) is 11.9 Å². The van der Waals surface area contributed by atoms with Crippen LogP contribution in [0.1, 0.15) is 12.1 Å². The van der Waals surface area contributed by atoms with E-state index in [-0.39, 0.29) is 5.75 Å². The van der Waals surface area contributed by atoms with Crippen molar-refractivity contribution in [1.82, 2.24) is 4.90 Å². The third-order valence-electron chi connectivity index (χ3n) is 2.54. The fourth-order valence-electron chi connectivity index (χ4n) is 1.45. The Morgan fingerprint density at radius 1 is 1.44 bits per heavy atom. The van der Waals surface area contributed by atoms with Gasteiger partial charge >= 0.3 is 0 Å².